The van der Waals surface area contributed by atoms with Gasteiger partial charge in [0, 0.05) is 13.1 Å². The summed E-state index contributed by atoms with van der Waals surface area (Å²) in [6.07, 6.45) is 6.04. The second-order valence-corrected chi connectivity index (χ2v) is 7.40. The summed E-state index contributed by atoms with van der Waals surface area (Å²) < 4.78 is 0. The number of likely N-dealkylation sites (tertiary alicyclic amines) is 2. The van der Waals surface area contributed by atoms with Crippen molar-refractivity contribution in [2.45, 2.75) is 44.6 Å². The Morgan fingerprint density at radius 3 is 2.40 bits per heavy atom. The van der Waals surface area contributed by atoms with Gasteiger partial charge in [-0.25, -0.2) is 0 Å². The number of amides is 2. The zero-order valence-corrected chi connectivity index (χ0v) is 14.9. The Balaban J connectivity index is 1.47. The van der Waals surface area contributed by atoms with Crippen LogP contribution in [0.2, 0.25) is 0 Å². The molecule has 2 saturated heterocycles. The minimum atomic E-state index is -0.297. The van der Waals surface area contributed by atoms with Crippen LogP contribution in [0, 0.1) is 5.92 Å². The molecule has 2 aliphatic rings. The summed E-state index contributed by atoms with van der Waals surface area (Å²) in [5, 5.41) is 0. The topological polar surface area (TPSA) is 66.6 Å². The lowest BCUT2D eigenvalue weighted by Gasteiger charge is -2.37. The van der Waals surface area contributed by atoms with Gasteiger partial charge in [-0.15, -0.1) is 0 Å². The van der Waals surface area contributed by atoms with Crippen LogP contribution >= 0.6 is 0 Å². The largest absolute Gasteiger partial charge is 0.368 e. The molecule has 136 valence electrons. The lowest BCUT2D eigenvalue weighted by Crippen LogP contribution is -2.52. The fourth-order valence-electron chi connectivity index (χ4n) is 4.11. The van der Waals surface area contributed by atoms with Gasteiger partial charge >= 0.3 is 0 Å². The minimum Gasteiger partial charge on any atom is -0.368 e. The fourth-order valence-corrected chi connectivity index (χ4v) is 4.11. The van der Waals surface area contributed by atoms with Crippen LogP contribution in [-0.4, -0.2) is 53.8 Å². The van der Waals surface area contributed by atoms with Crippen LogP contribution in [0.4, 0.5) is 0 Å². The molecule has 1 aromatic carbocycles. The van der Waals surface area contributed by atoms with Gasteiger partial charge in [-0.2, -0.15) is 0 Å². The number of nitrogens with two attached hydrogens (primary N) is 1. The Labute approximate surface area is 150 Å². The Morgan fingerprint density at radius 2 is 1.72 bits per heavy atom. The number of carbonyl (C=O) groups is 2. The van der Waals surface area contributed by atoms with Crippen LogP contribution in [0.1, 0.15) is 37.7 Å². The van der Waals surface area contributed by atoms with Crippen molar-refractivity contribution in [2.24, 2.45) is 11.7 Å². The molecule has 0 spiro atoms. The molecule has 0 aliphatic carbocycles. The average molecular weight is 343 g/mol. The average Bonchev–Trinajstić information content (AvgIpc) is 2.63. The van der Waals surface area contributed by atoms with E-state index >= 15 is 0 Å². The summed E-state index contributed by atoms with van der Waals surface area (Å²) in [6.45, 7) is 2.78. The maximum atomic E-state index is 12.6. The maximum absolute atomic E-state index is 12.6. The van der Waals surface area contributed by atoms with Gasteiger partial charge in [0.2, 0.25) is 11.8 Å². The number of nitrogens with zero attached hydrogens (tertiary/aromatic N) is 2. The third-order valence-electron chi connectivity index (χ3n) is 5.61. The number of carbonyl (C=O) groups excluding carboxylic acids is 2. The second kappa shape index (κ2) is 8.48. The lowest BCUT2D eigenvalue weighted by molar-refractivity contribution is -0.136. The number of rotatable bonds is 5. The summed E-state index contributed by atoms with van der Waals surface area (Å²) in [5.74, 6) is 0.500. The van der Waals surface area contributed by atoms with Gasteiger partial charge in [0.1, 0.15) is 0 Å². The van der Waals surface area contributed by atoms with E-state index in [0.717, 1.165) is 58.2 Å². The van der Waals surface area contributed by atoms with E-state index in [1.165, 1.54) is 5.56 Å². The highest BCUT2D eigenvalue weighted by Gasteiger charge is 2.30. The van der Waals surface area contributed by atoms with Crippen molar-refractivity contribution in [3.8, 4) is 0 Å². The molecule has 25 heavy (non-hydrogen) atoms. The van der Waals surface area contributed by atoms with E-state index in [0.29, 0.717) is 12.5 Å². The third-order valence-corrected chi connectivity index (χ3v) is 5.61. The summed E-state index contributed by atoms with van der Waals surface area (Å²) in [4.78, 5) is 28.2. The summed E-state index contributed by atoms with van der Waals surface area (Å²) in [6, 6.07) is 10.3. The first kappa shape index (κ1) is 17.9. The van der Waals surface area contributed by atoms with Gasteiger partial charge in [0.05, 0.1) is 12.6 Å². The van der Waals surface area contributed by atoms with Gasteiger partial charge in [0.25, 0.3) is 0 Å². The Kier molecular flexibility index (Phi) is 6.08. The number of hydrogen-bond donors (Lipinski definition) is 1. The molecule has 5 nitrogen and oxygen atoms in total. The van der Waals surface area contributed by atoms with Crippen molar-refractivity contribution in [1.29, 1.82) is 0 Å². The van der Waals surface area contributed by atoms with E-state index in [1.54, 1.807) is 0 Å². The monoisotopic (exact) mass is 343 g/mol. The standard InChI is InChI=1S/C20H29N3O2/c21-20(25)18-8-4-5-11-23(18)15-19(24)22-12-9-17(10-13-22)14-16-6-2-1-3-7-16/h1-3,6-7,17-18H,4-5,8-15H2,(H2,21,25)/t18-/m0/s1. The van der Waals surface area contributed by atoms with Gasteiger partial charge in [0.15, 0.2) is 0 Å². The third kappa shape index (κ3) is 4.82. The fraction of sp³-hybridized carbons (Fsp3) is 0.600. The smallest absolute Gasteiger partial charge is 0.236 e. The van der Waals surface area contributed by atoms with Crippen molar-refractivity contribution < 1.29 is 9.59 Å². The SMILES string of the molecule is NC(=O)[C@@H]1CCCCN1CC(=O)N1CCC(Cc2ccccc2)CC1. The Hall–Kier alpha value is -1.88. The van der Waals surface area contributed by atoms with E-state index in [2.05, 4.69) is 24.3 Å². The first-order valence-corrected chi connectivity index (χ1v) is 9.48. The molecule has 2 fully saturated rings. The Morgan fingerprint density at radius 1 is 1.00 bits per heavy atom. The normalized spacial score (nSPS) is 22.7. The predicted octanol–water partition coefficient (Wildman–Crippen LogP) is 1.81. The van der Waals surface area contributed by atoms with E-state index in [9.17, 15) is 9.59 Å². The number of primary amides is 1. The number of piperidine rings is 2. The zero-order chi connectivity index (χ0) is 17.6. The van der Waals surface area contributed by atoms with Gasteiger partial charge < -0.3 is 10.6 Å². The van der Waals surface area contributed by atoms with Crippen molar-refractivity contribution in [1.82, 2.24) is 9.80 Å². The molecule has 1 aromatic rings. The van der Waals surface area contributed by atoms with E-state index < -0.39 is 0 Å². The molecular weight excluding hydrogens is 314 g/mol. The zero-order valence-electron chi connectivity index (χ0n) is 14.9. The maximum Gasteiger partial charge on any atom is 0.236 e. The van der Waals surface area contributed by atoms with Crippen LogP contribution in [0.15, 0.2) is 30.3 Å². The Bertz CT molecular complexity index is 582. The molecule has 0 radical (unpaired) electrons. The quantitative estimate of drug-likeness (QED) is 0.887. The van der Waals surface area contributed by atoms with Gasteiger partial charge in [-0.05, 0) is 50.1 Å². The molecule has 2 aliphatic heterocycles. The second-order valence-electron chi connectivity index (χ2n) is 7.40. The van der Waals surface area contributed by atoms with Crippen molar-refractivity contribution in [3.05, 3.63) is 35.9 Å². The van der Waals surface area contributed by atoms with E-state index in [-0.39, 0.29) is 17.9 Å². The molecule has 0 aromatic heterocycles. The molecule has 5 heteroatoms. The predicted molar refractivity (Wildman–Crippen MR) is 97.9 cm³/mol. The molecule has 2 amide bonds. The molecule has 1 atom stereocenters. The van der Waals surface area contributed by atoms with Crippen LogP contribution < -0.4 is 5.73 Å². The molecule has 2 heterocycles. The van der Waals surface area contributed by atoms with E-state index in [4.69, 9.17) is 5.73 Å². The van der Waals surface area contributed by atoms with E-state index in [1.807, 2.05) is 15.9 Å². The van der Waals surface area contributed by atoms with Crippen LogP contribution in [-0.2, 0) is 16.0 Å². The van der Waals surface area contributed by atoms with Crippen LogP contribution in [0.3, 0.4) is 0 Å². The number of benzene rings is 1. The molecule has 0 bridgehead atoms. The summed E-state index contributed by atoms with van der Waals surface area (Å²) in [7, 11) is 0. The summed E-state index contributed by atoms with van der Waals surface area (Å²) >= 11 is 0. The number of hydrogen-bond acceptors (Lipinski definition) is 3. The highest BCUT2D eigenvalue weighted by molar-refractivity contribution is 5.82. The first-order valence-electron chi connectivity index (χ1n) is 9.48. The lowest BCUT2D eigenvalue weighted by atomic mass is 9.90. The molecular formula is C20H29N3O2. The first-order chi connectivity index (χ1) is 12.1. The molecule has 0 saturated carbocycles. The van der Waals surface area contributed by atoms with Crippen LogP contribution in [0.5, 0.6) is 0 Å². The molecule has 0 unspecified atom stereocenters. The van der Waals surface area contributed by atoms with Crippen molar-refractivity contribution >= 4 is 11.8 Å². The van der Waals surface area contributed by atoms with Crippen LogP contribution in [0.25, 0.3) is 0 Å². The van der Waals surface area contributed by atoms with Crippen molar-refractivity contribution in [3.63, 3.8) is 0 Å². The highest BCUT2D eigenvalue weighted by atomic mass is 16.2. The van der Waals surface area contributed by atoms with Gasteiger partial charge in [-0.1, -0.05) is 36.8 Å². The van der Waals surface area contributed by atoms with Gasteiger partial charge in [-0.3, -0.25) is 14.5 Å². The molecule has 2 N–H and O–H groups in total. The minimum absolute atomic E-state index is 0.145. The van der Waals surface area contributed by atoms with Crippen molar-refractivity contribution in [2.75, 3.05) is 26.2 Å². The molecule has 3 rings (SSSR count). The highest BCUT2D eigenvalue weighted by Crippen LogP contribution is 2.22. The summed E-state index contributed by atoms with van der Waals surface area (Å²) in [5.41, 5.74) is 6.88.